The fourth-order valence-corrected chi connectivity index (χ4v) is 2.15. The third-order valence-corrected chi connectivity index (χ3v) is 3.47. The van der Waals surface area contributed by atoms with Crippen LogP contribution in [0.5, 0.6) is 0 Å². The van der Waals surface area contributed by atoms with E-state index < -0.39 is 5.97 Å². The van der Waals surface area contributed by atoms with Crippen molar-refractivity contribution < 1.29 is 19.6 Å². The second-order valence-corrected chi connectivity index (χ2v) is 5.25. The van der Waals surface area contributed by atoms with Crippen molar-refractivity contribution in [3.63, 3.8) is 0 Å². The quantitative estimate of drug-likeness (QED) is 0.748. The molecule has 0 radical (unpaired) electrons. The van der Waals surface area contributed by atoms with Gasteiger partial charge in [-0.1, -0.05) is 24.3 Å². The zero-order valence-electron chi connectivity index (χ0n) is 13.1. The molecule has 0 aliphatic rings. The number of likely N-dealkylation sites (N-methyl/N-ethyl adjacent to an activating group) is 1. The number of rotatable bonds is 7. The molecule has 1 heterocycles. The van der Waals surface area contributed by atoms with Gasteiger partial charge in [0.2, 0.25) is 0 Å². The number of nitrogens with zero attached hydrogens (tertiary/aromatic N) is 2. The SMILES string of the molecule is CN(CCO)c1ccc(/C=C/c2cc[n+](CC(=O)[O-])cc2)cc1. The summed E-state index contributed by atoms with van der Waals surface area (Å²) in [6.45, 7) is 0.585. The van der Waals surface area contributed by atoms with Crippen LogP contribution in [0.2, 0.25) is 0 Å². The predicted molar refractivity (Wildman–Crippen MR) is 87.4 cm³/mol. The molecule has 23 heavy (non-hydrogen) atoms. The summed E-state index contributed by atoms with van der Waals surface area (Å²) in [5.41, 5.74) is 3.11. The van der Waals surface area contributed by atoms with Gasteiger partial charge in [-0.2, -0.15) is 4.57 Å². The number of aromatic nitrogens is 1. The Kier molecular flexibility index (Phi) is 5.88. The third-order valence-electron chi connectivity index (χ3n) is 3.47. The van der Waals surface area contributed by atoms with Crippen molar-refractivity contribution in [1.29, 1.82) is 0 Å². The lowest BCUT2D eigenvalue weighted by Crippen LogP contribution is -2.43. The van der Waals surface area contributed by atoms with Crippen LogP contribution in [0.15, 0.2) is 48.8 Å². The van der Waals surface area contributed by atoms with E-state index in [1.165, 1.54) is 0 Å². The summed E-state index contributed by atoms with van der Waals surface area (Å²) in [6, 6.07) is 11.7. The van der Waals surface area contributed by atoms with Gasteiger partial charge in [0.25, 0.3) is 0 Å². The lowest BCUT2D eigenvalue weighted by atomic mass is 10.1. The first kappa shape index (κ1) is 16.7. The number of anilines is 1. The molecular formula is C18H20N2O3. The number of carboxylic acid groups (broad SMARTS) is 1. The van der Waals surface area contributed by atoms with Gasteiger partial charge in [-0.05, 0) is 23.3 Å². The molecule has 1 aromatic heterocycles. The first-order valence-electron chi connectivity index (χ1n) is 7.37. The molecule has 0 saturated heterocycles. The molecule has 2 rings (SSSR count). The molecule has 2 aromatic rings. The minimum atomic E-state index is -1.11. The average Bonchev–Trinajstić information content (AvgIpc) is 2.54. The minimum Gasteiger partial charge on any atom is -0.544 e. The van der Waals surface area contributed by atoms with E-state index in [4.69, 9.17) is 5.11 Å². The molecule has 0 fully saturated rings. The summed E-state index contributed by atoms with van der Waals surface area (Å²) < 4.78 is 1.55. The van der Waals surface area contributed by atoms with E-state index in [-0.39, 0.29) is 13.2 Å². The van der Waals surface area contributed by atoms with Crippen LogP contribution in [0.3, 0.4) is 0 Å². The molecule has 0 atom stereocenters. The van der Waals surface area contributed by atoms with Crippen LogP contribution in [0.25, 0.3) is 12.2 Å². The van der Waals surface area contributed by atoms with E-state index in [1.807, 2.05) is 60.5 Å². The maximum absolute atomic E-state index is 10.5. The largest absolute Gasteiger partial charge is 0.544 e. The second kappa shape index (κ2) is 8.10. The second-order valence-electron chi connectivity index (χ2n) is 5.25. The standard InChI is InChI=1S/C18H20N2O3/c1-19(12-13-21)17-6-4-15(5-7-17)2-3-16-8-10-20(11-9-16)14-18(22)23/h2-11,21H,12-14H2,1H3. The number of hydrogen-bond donors (Lipinski definition) is 1. The van der Waals surface area contributed by atoms with Crippen molar-refractivity contribution in [3.8, 4) is 0 Å². The van der Waals surface area contributed by atoms with Crippen molar-refractivity contribution in [2.75, 3.05) is 25.1 Å². The highest BCUT2D eigenvalue weighted by Crippen LogP contribution is 2.15. The smallest absolute Gasteiger partial charge is 0.187 e. The Hall–Kier alpha value is -2.66. The first-order valence-corrected chi connectivity index (χ1v) is 7.37. The number of pyridine rings is 1. The normalized spacial score (nSPS) is 10.9. The number of hydrogen-bond acceptors (Lipinski definition) is 4. The number of aliphatic carboxylic acids is 1. The van der Waals surface area contributed by atoms with Crippen molar-refractivity contribution in [2.24, 2.45) is 0 Å². The number of carbonyl (C=O) groups excluding carboxylic acids is 1. The molecule has 5 nitrogen and oxygen atoms in total. The van der Waals surface area contributed by atoms with Crippen LogP contribution in [0, 0.1) is 0 Å². The summed E-state index contributed by atoms with van der Waals surface area (Å²) in [6.07, 6.45) is 7.38. The highest BCUT2D eigenvalue weighted by atomic mass is 16.4. The van der Waals surface area contributed by atoms with Gasteiger partial charge in [0.15, 0.2) is 18.9 Å². The zero-order valence-corrected chi connectivity index (χ0v) is 13.1. The minimum absolute atomic E-state index is 0.129. The number of aliphatic hydroxyl groups is 1. The highest BCUT2D eigenvalue weighted by molar-refractivity contribution is 5.70. The number of benzene rings is 1. The summed E-state index contributed by atoms with van der Waals surface area (Å²) in [5, 5.41) is 19.5. The van der Waals surface area contributed by atoms with Gasteiger partial charge in [-0.15, -0.1) is 0 Å². The molecule has 0 bridgehead atoms. The Morgan fingerprint density at radius 2 is 1.70 bits per heavy atom. The number of carbonyl (C=O) groups is 1. The molecular weight excluding hydrogens is 292 g/mol. The van der Waals surface area contributed by atoms with Crippen molar-refractivity contribution >= 4 is 23.8 Å². The first-order chi connectivity index (χ1) is 11.1. The van der Waals surface area contributed by atoms with Crippen LogP contribution in [-0.2, 0) is 11.3 Å². The lowest BCUT2D eigenvalue weighted by molar-refractivity contribution is -0.690. The van der Waals surface area contributed by atoms with Gasteiger partial charge >= 0.3 is 0 Å². The van der Waals surface area contributed by atoms with Gasteiger partial charge < -0.3 is 19.9 Å². The zero-order chi connectivity index (χ0) is 16.7. The molecule has 1 aromatic carbocycles. The number of aliphatic hydroxyl groups excluding tert-OH is 1. The van der Waals surface area contributed by atoms with E-state index in [9.17, 15) is 9.90 Å². The van der Waals surface area contributed by atoms with Gasteiger partial charge in [0, 0.05) is 31.4 Å². The van der Waals surface area contributed by atoms with Crippen LogP contribution < -0.4 is 14.6 Å². The Morgan fingerprint density at radius 3 is 2.22 bits per heavy atom. The predicted octanol–water partition coefficient (Wildman–Crippen LogP) is 0.323. The van der Waals surface area contributed by atoms with E-state index in [0.29, 0.717) is 6.54 Å². The maximum Gasteiger partial charge on any atom is 0.187 e. The molecule has 0 saturated carbocycles. The van der Waals surface area contributed by atoms with Crippen molar-refractivity contribution in [3.05, 3.63) is 59.9 Å². The summed E-state index contributed by atoms with van der Waals surface area (Å²) >= 11 is 0. The highest BCUT2D eigenvalue weighted by Gasteiger charge is 2.00. The van der Waals surface area contributed by atoms with Crippen molar-refractivity contribution in [2.45, 2.75) is 6.54 Å². The summed E-state index contributed by atoms with van der Waals surface area (Å²) in [5.74, 6) is -1.11. The third kappa shape index (κ3) is 5.23. The van der Waals surface area contributed by atoms with E-state index >= 15 is 0 Å². The van der Waals surface area contributed by atoms with Crippen LogP contribution in [0.1, 0.15) is 11.1 Å². The molecule has 0 aliphatic heterocycles. The molecule has 0 aliphatic carbocycles. The fraction of sp³-hybridized carbons (Fsp3) is 0.222. The molecule has 0 unspecified atom stereocenters. The van der Waals surface area contributed by atoms with E-state index in [0.717, 1.165) is 16.8 Å². The van der Waals surface area contributed by atoms with Crippen LogP contribution in [0.4, 0.5) is 5.69 Å². The lowest BCUT2D eigenvalue weighted by Gasteiger charge is -2.17. The van der Waals surface area contributed by atoms with E-state index in [2.05, 4.69) is 0 Å². The van der Waals surface area contributed by atoms with Crippen LogP contribution >= 0.6 is 0 Å². The monoisotopic (exact) mass is 312 g/mol. The Balaban J connectivity index is 2.01. The van der Waals surface area contributed by atoms with Crippen LogP contribution in [-0.4, -0.2) is 31.3 Å². The summed E-state index contributed by atoms with van der Waals surface area (Å²) in [7, 11) is 1.94. The van der Waals surface area contributed by atoms with Gasteiger partial charge in [0.1, 0.15) is 5.97 Å². The molecule has 120 valence electrons. The average molecular weight is 312 g/mol. The van der Waals surface area contributed by atoms with Crippen molar-refractivity contribution in [1.82, 2.24) is 0 Å². The molecule has 0 spiro atoms. The molecule has 5 heteroatoms. The molecule has 0 amide bonds. The topological polar surface area (TPSA) is 67.5 Å². The molecule has 1 N–H and O–H groups in total. The van der Waals surface area contributed by atoms with Gasteiger partial charge in [-0.3, -0.25) is 0 Å². The Labute approximate surface area is 135 Å². The maximum atomic E-state index is 10.5. The van der Waals surface area contributed by atoms with E-state index in [1.54, 1.807) is 17.0 Å². The van der Waals surface area contributed by atoms with Gasteiger partial charge in [0.05, 0.1) is 6.61 Å². The van der Waals surface area contributed by atoms with Gasteiger partial charge in [-0.25, -0.2) is 0 Å². The summed E-state index contributed by atoms with van der Waals surface area (Å²) in [4.78, 5) is 12.5. The Bertz CT molecular complexity index is 664. The fourth-order valence-electron chi connectivity index (χ4n) is 2.15. The number of carboxylic acids is 1. The Morgan fingerprint density at radius 1 is 1.13 bits per heavy atom.